The molecule has 94 valence electrons. The summed E-state index contributed by atoms with van der Waals surface area (Å²) < 4.78 is 26.7. The smallest absolute Gasteiger partial charge is 0.149 e. The molecule has 0 spiro atoms. The fourth-order valence-corrected chi connectivity index (χ4v) is 1.93. The van der Waals surface area contributed by atoms with Crippen LogP contribution in [0.25, 0.3) is 0 Å². The highest BCUT2D eigenvalue weighted by Crippen LogP contribution is 2.24. The van der Waals surface area contributed by atoms with Gasteiger partial charge in [-0.1, -0.05) is 11.6 Å². The summed E-state index contributed by atoms with van der Waals surface area (Å²) in [6.07, 6.45) is 3.11. The predicted molar refractivity (Wildman–Crippen MR) is 70.6 cm³/mol. The van der Waals surface area contributed by atoms with Gasteiger partial charge in [0.05, 0.1) is 15.2 Å². The fourth-order valence-electron chi connectivity index (χ4n) is 1.40. The third-order valence-electron chi connectivity index (χ3n) is 2.34. The molecule has 0 radical (unpaired) electrons. The topological polar surface area (TPSA) is 24.9 Å². The predicted octanol–water partition coefficient (Wildman–Crippen LogP) is 4.39. The normalized spacial score (nSPS) is 10.4. The molecule has 0 unspecified atom stereocenters. The standard InChI is InChI=1S/C12H8BrClF2N2/c13-8-3-12(11(16)4-10(8)15)18-5-7-1-2-17-6-9(7)14/h1-4,6,18H,5H2. The molecule has 1 heterocycles. The highest BCUT2D eigenvalue weighted by Gasteiger charge is 2.08. The average molecular weight is 334 g/mol. The van der Waals surface area contributed by atoms with Crippen LogP contribution in [0, 0.1) is 11.6 Å². The summed E-state index contributed by atoms with van der Waals surface area (Å²) in [4.78, 5) is 3.85. The summed E-state index contributed by atoms with van der Waals surface area (Å²) >= 11 is 8.92. The largest absolute Gasteiger partial charge is 0.379 e. The summed E-state index contributed by atoms with van der Waals surface area (Å²) in [6, 6.07) is 3.89. The van der Waals surface area contributed by atoms with Crippen LogP contribution in [0.2, 0.25) is 5.02 Å². The number of hydrogen-bond acceptors (Lipinski definition) is 2. The first-order valence-electron chi connectivity index (χ1n) is 5.04. The zero-order chi connectivity index (χ0) is 13.1. The Morgan fingerprint density at radius 2 is 2.06 bits per heavy atom. The van der Waals surface area contributed by atoms with Crippen LogP contribution in [0.4, 0.5) is 14.5 Å². The molecule has 1 N–H and O–H groups in total. The SMILES string of the molecule is Fc1cc(F)c(NCc2ccncc2Cl)cc1Br. The van der Waals surface area contributed by atoms with Crippen LogP contribution in [-0.2, 0) is 6.54 Å². The van der Waals surface area contributed by atoms with Gasteiger partial charge in [0.15, 0.2) is 0 Å². The van der Waals surface area contributed by atoms with Crippen LogP contribution in [0.15, 0.2) is 35.1 Å². The van der Waals surface area contributed by atoms with Gasteiger partial charge in [-0.05, 0) is 33.6 Å². The van der Waals surface area contributed by atoms with Gasteiger partial charge in [-0.3, -0.25) is 4.98 Å². The van der Waals surface area contributed by atoms with E-state index in [0.717, 1.165) is 11.6 Å². The van der Waals surface area contributed by atoms with Crippen molar-refractivity contribution in [2.24, 2.45) is 0 Å². The Morgan fingerprint density at radius 1 is 1.28 bits per heavy atom. The molecular weight excluding hydrogens is 325 g/mol. The molecule has 2 rings (SSSR count). The molecule has 0 atom stereocenters. The number of aromatic nitrogens is 1. The minimum atomic E-state index is -0.652. The molecule has 2 nitrogen and oxygen atoms in total. The summed E-state index contributed by atoms with van der Waals surface area (Å²) in [5, 5.41) is 3.35. The summed E-state index contributed by atoms with van der Waals surface area (Å²) in [7, 11) is 0. The molecule has 0 amide bonds. The molecule has 0 aliphatic rings. The van der Waals surface area contributed by atoms with Crippen molar-refractivity contribution in [2.75, 3.05) is 5.32 Å². The zero-order valence-electron chi connectivity index (χ0n) is 9.05. The first-order valence-corrected chi connectivity index (χ1v) is 6.22. The minimum absolute atomic E-state index is 0.201. The molecule has 0 aliphatic carbocycles. The molecule has 6 heteroatoms. The molecule has 0 saturated heterocycles. The fraction of sp³-hybridized carbons (Fsp3) is 0.0833. The van der Waals surface area contributed by atoms with Crippen molar-refractivity contribution < 1.29 is 8.78 Å². The van der Waals surface area contributed by atoms with E-state index in [0.29, 0.717) is 11.6 Å². The van der Waals surface area contributed by atoms with Gasteiger partial charge in [0.1, 0.15) is 11.6 Å². The third kappa shape index (κ3) is 2.97. The molecule has 0 bridgehead atoms. The van der Waals surface area contributed by atoms with E-state index < -0.39 is 11.6 Å². The van der Waals surface area contributed by atoms with Crippen molar-refractivity contribution in [1.29, 1.82) is 0 Å². The Labute approximate surface area is 116 Å². The number of anilines is 1. The quantitative estimate of drug-likeness (QED) is 0.843. The van der Waals surface area contributed by atoms with Gasteiger partial charge in [0.2, 0.25) is 0 Å². The van der Waals surface area contributed by atoms with Crippen LogP contribution in [0.5, 0.6) is 0 Å². The van der Waals surface area contributed by atoms with Crippen molar-refractivity contribution in [3.05, 3.63) is 57.3 Å². The van der Waals surface area contributed by atoms with Gasteiger partial charge in [0, 0.05) is 25.0 Å². The molecule has 18 heavy (non-hydrogen) atoms. The molecule has 1 aromatic carbocycles. The maximum absolute atomic E-state index is 13.5. The van der Waals surface area contributed by atoms with E-state index in [1.807, 2.05) is 0 Å². The second-order valence-corrected chi connectivity index (χ2v) is 4.83. The Balaban J connectivity index is 2.16. The summed E-state index contributed by atoms with van der Waals surface area (Å²) in [5.41, 5.74) is 0.989. The highest BCUT2D eigenvalue weighted by atomic mass is 79.9. The lowest BCUT2D eigenvalue weighted by atomic mass is 10.2. The monoisotopic (exact) mass is 332 g/mol. The Hall–Kier alpha value is -1.20. The lowest BCUT2D eigenvalue weighted by Gasteiger charge is -2.09. The number of pyridine rings is 1. The lowest BCUT2D eigenvalue weighted by molar-refractivity contribution is 0.580. The number of hydrogen-bond donors (Lipinski definition) is 1. The van der Waals surface area contributed by atoms with E-state index >= 15 is 0 Å². The van der Waals surface area contributed by atoms with E-state index in [4.69, 9.17) is 11.6 Å². The number of halogens is 4. The maximum Gasteiger partial charge on any atom is 0.149 e. The minimum Gasteiger partial charge on any atom is -0.379 e. The molecule has 2 aromatic rings. The maximum atomic E-state index is 13.5. The first kappa shape index (κ1) is 13.2. The van der Waals surface area contributed by atoms with Crippen LogP contribution in [0.1, 0.15) is 5.56 Å². The second-order valence-electron chi connectivity index (χ2n) is 3.57. The lowest BCUT2D eigenvalue weighted by Crippen LogP contribution is -2.03. The summed E-state index contributed by atoms with van der Waals surface area (Å²) in [5.74, 6) is -1.29. The Bertz CT molecular complexity index is 578. The van der Waals surface area contributed by atoms with E-state index in [1.165, 1.54) is 12.3 Å². The summed E-state index contributed by atoms with van der Waals surface area (Å²) in [6.45, 7) is 0.330. The Kier molecular flexibility index (Phi) is 4.14. The van der Waals surface area contributed by atoms with Crippen LogP contribution < -0.4 is 5.32 Å². The zero-order valence-corrected chi connectivity index (χ0v) is 11.4. The van der Waals surface area contributed by atoms with Gasteiger partial charge in [-0.25, -0.2) is 8.78 Å². The van der Waals surface area contributed by atoms with E-state index in [9.17, 15) is 8.78 Å². The van der Waals surface area contributed by atoms with Crippen molar-refractivity contribution in [1.82, 2.24) is 4.98 Å². The van der Waals surface area contributed by atoms with Gasteiger partial charge in [0.25, 0.3) is 0 Å². The van der Waals surface area contributed by atoms with Crippen molar-refractivity contribution >= 4 is 33.2 Å². The van der Waals surface area contributed by atoms with Crippen molar-refractivity contribution in [3.8, 4) is 0 Å². The first-order chi connectivity index (χ1) is 8.58. The number of nitrogens with one attached hydrogen (secondary N) is 1. The van der Waals surface area contributed by atoms with Gasteiger partial charge in [-0.15, -0.1) is 0 Å². The van der Waals surface area contributed by atoms with Crippen LogP contribution in [0.3, 0.4) is 0 Å². The van der Waals surface area contributed by atoms with E-state index in [1.54, 1.807) is 12.3 Å². The number of benzene rings is 1. The second kappa shape index (κ2) is 5.63. The molecule has 0 saturated carbocycles. The third-order valence-corrected chi connectivity index (χ3v) is 3.28. The van der Waals surface area contributed by atoms with Crippen molar-refractivity contribution in [2.45, 2.75) is 6.54 Å². The highest BCUT2D eigenvalue weighted by molar-refractivity contribution is 9.10. The van der Waals surface area contributed by atoms with Crippen LogP contribution >= 0.6 is 27.5 Å². The number of nitrogens with zero attached hydrogens (tertiary/aromatic N) is 1. The van der Waals surface area contributed by atoms with Gasteiger partial charge < -0.3 is 5.32 Å². The average Bonchev–Trinajstić information content (AvgIpc) is 2.34. The molecule has 1 aromatic heterocycles. The molecular formula is C12H8BrClF2N2. The number of rotatable bonds is 3. The molecule has 0 aliphatic heterocycles. The van der Waals surface area contributed by atoms with Crippen LogP contribution in [-0.4, -0.2) is 4.98 Å². The van der Waals surface area contributed by atoms with E-state index in [2.05, 4.69) is 26.2 Å². The van der Waals surface area contributed by atoms with Gasteiger partial charge in [-0.2, -0.15) is 0 Å². The Morgan fingerprint density at radius 3 is 2.78 bits per heavy atom. The van der Waals surface area contributed by atoms with E-state index in [-0.39, 0.29) is 10.2 Å². The van der Waals surface area contributed by atoms with Gasteiger partial charge >= 0.3 is 0 Å². The molecule has 0 fully saturated rings. The van der Waals surface area contributed by atoms with Crippen molar-refractivity contribution in [3.63, 3.8) is 0 Å².